The molecule has 3 heterocycles. The summed E-state index contributed by atoms with van der Waals surface area (Å²) >= 11 is 3.32. The number of nitrogens with one attached hydrogen (secondary N) is 1. The predicted molar refractivity (Wildman–Crippen MR) is 93.4 cm³/mol. The quantitative estimate of drug-likeness (QED) is 0.874. The Kier molecular flexibility index (Phi) is 3.76. The summed E-state index contributed by atoms with van der Waals surface area (Å²) < 4.78 is 5.74. The van der Waals surface area contributed by atoms with Crippen LogP contribution in [0.15, 0.2) is 34.0 Å². The maximum atomic E-state index is 12.9. The Morgan fingerprint density at radius 3 is 2.88 bits per heavy atom. The number of hydrogen-bond acceptors (Lipinski definition) is 5. The van der Waals surface area contributed by atoms with Gasteiger partial charge in [0.25, 0.3) is 5.91 Å². The monoisotopic (exact) mass is 389 g/mol. The lowest BCUT2D eigenvalue weighted by molar-refractivity contribution is 0.0825. The van der Waals surface area contributed by atoms with E-state index in [4.69, 9.17) is 4.74 Å². The van der Waals surface area contributed by atoms with Crippen molar-refractivity contribution in [2.45, 2.75) is 13.0 Å². The number of hydrogen-bond donors (Lipinski definition) is 1. The lowest BCUT2D eigenvalue weighted by atomic mass is 10.1. The zero-order chi connectivity index (χ0) is 16.7. The third-order valence-electron chi connectivity index (χ3n) is 4.15. The highest BCUT2D eigenvalue weighted by Gasteiger charge is 2.38. The molecule has 1 aromatic carbocycles. The van der Waals surface area contributed by atoms with Crippen molar-refractivity contribution in [3.63, 3.8) is 0 Å². The van der Waals surface area contributed by atoms with Crippen molar-refractivity contribution in [2.24, 2.45) is 4.99 Å². The number of aromatic nitrogens is 2. The molecular formula is C16H16BrN5O2. The number of amides is 1. The van der Waals surface area contributed by atoms with Crippen molar-refractivity contribution >= 4 is 33.6 Å². The molecule has 2 aliphatic heterocycles. The first-order valence-corrected chi connectivity index (χ1v) is 8.49. The molecule has 4 rings (SSSR count). The van der Waals surface area contributed by atoms with Crippen LogP contribution in [-0.4, -0.2) is 46.9 Å². The summed E-state index contributed by atoms with van der Waals surface area (Å²) in [5.41, 5.74) is 1.51. The summed E-state index contributed by atoms with van der Waals surface area (Å²) in [6.07, 6.45) is 0.942. The fraction of sp³-hybridized carbons (Fsp3) is 0.312. The van der Waals surface area contributed by atoms with E-state index in [0.717, 1.165) is 30.8 Å². The highest BCUT2D eigenvalue weighted by Crippen LogP contribution is 2.30. The van der Waals surface area contributed by atoms with Crippen molar-refractivity contribution in [3.05, 3.63) is 40.3 Å². The van der Waals surface area contributed by atoms with E-state index in [0.29, 0.717) is 28.7 Å². The van der Waals surface area contributed by atoms with Crippen LogP contribution in [0.5, 0.6) is 5.75 Å². The van der Waals surface area contributed by atoms with Crippen molar-refractivity contribution in [1.82, 2.24) is 14.9 Å². The van der Waals surface area contributed by atoms with Gasteiger partial charge in [-0.1, -0.05) is 12.1 Å². The summed E-state index contributed by atoms with van der Waals surface area (Å²) in [7, 11) is 1.63. The number of rotatable bonds is 3. The smallest absolute Gasteiger partial charge is 0.281 e. The molecule has 8 heteroatoms. The Bertz CT molecular complexity index is 814. The number of halogens is 1. The maximum absolute atomic E-state index is 12.9. The topological polar surface area (TPSA) is 73.8 Å². The van der Waals surface area contributed by atoms with Gasteiger partial charge in [-0.05, 0) is 40.0 Å². The van der Waals surface area contributed by atoms with Gasteiger partial charge < -0.3 is 9.72 Å². The molecule has 0 spiro atoms. The van der Waals surface area contributed by atoms with Crippen LogP contribution in [-0.2, 0) is 6.54 Å². The number of benzene rings is 1. The fourth-order valence-corrected chi connectivity index (χ4v) is 3.35. The maximum Gasteiger partial charge on any atom is 0.281 e. The van der Waals surface area contributed by atoms with Crippen LogP contribution < -0.4 is 9.64 Å². The number of guanidine groups is 1. The van der Waals surface area contributed by atoms with E-state index in [-0.39, 0.29) is 5.91 Å². The van der Waals surface area contributed by atoms with Gasteiger partial charge in [-0.25, -0.2) is 4.98 Å². The van der Waals surface area contributed by atoms with Crippen LogP contribution in [0.2, 0.25) is 0 Å². The molecule has 1 amide bonds. The average molecular weight is 390 g/mol. The normalized spacial score (nSPS) is 16.6. The molecule has 0 aliphatic carbocycles. The third kappa shape index (κ3) is 2.47. The second-order valence-corrected chi connectivity index (χ2v) is 6.40. The molecule has 0 saturated heterocycles. The second-order valence-electron chi connectivity index (χ2n) is 5.65. The molecule has 124 valence electrons. The van der Waals surface area contributed by atoms with Gasteiger partial charge in [0.2, 0.25) is 5.96 Å². The number of H-pyrrole nitrogens is 1. The number of nitrogens with zero attached hydrogens (tertiary/aromatic N) is 4. The summed E-state index contributed by atoms with van der Waals surface area (Å²) in [5, 5.41) is 0. The molecule has 0 unspecified atom stereocenters. The molecule has 0 bridgehead atoms. The van der Waals surface area contributed by atoms with Crippen LogP contribution in [0.4, 0.5) is 5.82 Å². The number of fused-ring (bicyclic) bond motifs is 3. The first kappa shape index (κ1) is 15.2. The zero-order valence-corrected chi connectivity index (χ0v) is 14.7. The largest absolute Gasteiger partial charge is 0.497 e. The molecule has 0 fully saturated rings. The molecule has 2 aromatic rings. The Hall–Kier alpha value is -2.35. The van der Waals surface area contributed by atoms with Crippen molar-refractivity contribution in [3.8, 4) is 5.75 Å². The first-order chi connectivity index (χ1) is 11.7. The lowest BCUT2D eigenvalue weighted by Gasteiger charge is -2.38. The molecule has 24 heavy (non-hydrogen) atoms. The van der Waals surface area contributed by atoms with Gasteiger partial charge >= 0.3 is 0 Å². The highest BCUT2D eigenvalue weighted by atomic mass is 79.9. The van der Waals surface area contributed by atoms with E-state index < -0.39 is 0 Å². The van der Waals surface area contributed by atoms with Crippen LogP contribution in [0, 0.1) is 0 Å². The molecule has 0 saturated carbocycles. The van der Waals surface area contributed by atoms with E-state index >= 15 is 0 Å². The Labute approximate surface area is 147 Å². The lowest BCUT2D eigenvalue weighted by Crippen LogP contribution is -2.53. The number of anilines is 1. The van der Waals surface area contributed by atoms with E-state index in [1.54, 1.807) is 12.0 Å². The van der Waals surface area contributed by atoms with Gasteiger partial charge in [-0.2, -0.15) is 0 Å². The van der Waals surface area contributed by atoms with Crippen LogP contribution in [0.1, 0.15) is 22.5 Å². The number of carbonyl (C=O) groups is 1. The minimum atomic E-state index is -0.115. The highest BCUT2D eigenvalue weighted by molar-refractivity contribution is 9.10. The summed E-state index contributed by atoms with van der Waals surface area (Å²) in [4.78, 5) is 28.6. The fourth-order valence-electron chi connectivity index (χ4n) is 2.99. The third-order valence-corrected chi connectivity index (χ3v) is 4.52. The molecule has 2 aliphatic rings. The Morgan fingerprint density at radius 1 is 1.33 bits per heavy atom. The van der Waals surface area contributed by atoms with Crippen LogP contribution in [0.25, 0.3) is 0 Å². The van der Waals surface area contributed by atoms with Crippen LogP contribution >= 0.6 is 15.9 Å². The predicted octanol–water partition coefficient (Wildman–Crippen LogP) is 2.40. The molecule has 1 aromatic heterocycles. The van der Waals surface area contributed by atoms with Gasteiger partial charge in [-0.3, -0.25) is 19.6 Å². The average Bonchev–Trinajstić information content (AvgIpc) is 3.01. The van der Waals surface area contributed by atoms with E-state index in [1.807, 2.05) is 29.2 Å². The van der Waals surface area contributed by atoms with Gasteiger partial charge in [0.15, 0.2) is 16.2 Å². The zero-order valence-electron chi connectivity index (χ0n) is 13.1. The number of aliphatic imine (C=N–C) groups is 1. The van der Waals surface area contributed by atoms with Gasteiger partial charge in [0.05, 0.1) is 13.7 Å². The van der Waals surface area contributed by atoms with Crippen molar-refractivity contribution in [1.29, 1.82) is 0 Å². The summed E-state index contributed by atoms with van der Waals surface area (Å²) in [6.45, 7) is 1.98. The van der Waals surface area contributed by atoms with E-state index in [9.17, 15) is 4.79 Å². The van der Waals surface area contributed by atoms with Gasteiger partial charge in [0.1, 0.15) is 5.75 Å². The number of imidazole rings is 1. The van der Waals surface area contributed by atoms with Gasteiger partial charge in [-0.15, -0.1) is 0 Å². The molecule has 0 radical (unpaired) electrons. The Morgan fingerprint density at radius 2 is 2.12 bits per heavy atom. The minimum absolute atomic E-state index is 0.115. The van der Waals surface area contributed by atoms with Crippen molar-refractivity contribution < 1.29 is 9.53 Å². The standard InChI is InChI=1S/C16H16BrN5O2/c1-24-11-5-3-10(4-6-11)9-22-14(23)12-13(20-15(17)19-12)21-8-2-7-18-16(21)22/h3-6H,2,7-9H2,1H3,(H,19,20). The minimum Gasteiger partial charge on any atom is -0.497 e. The second kappa shape index (κ2) is 5.94. The summed E-state index contributed by atoms with van der Waals surface area (Å²) in [6, 6.07) is 7.70. The first-order valence-electron chi connectivity index (χ1n) is 7.69. The number of ether oxygens (including phenoxy) is 1. The van der Waals surface area contributed by atoms with Crippen molar-refractivity contribution in [2.75, 3.05) is 25.1 Å². The van der Waals surface area contributed by atoms with Gasteiger partial charge in [0, 0.05) is 13.1 Å². The molecular weight excluding hydrogens is 374 g/mol. The number of aromatic amines is 1. The molecule has 0 atom stereocenters. The summed E-state index contributed by atoms with van der Waals surface area (Å²) in [5.74, 6) is 2.00. The number of methoxy groups -OCH3 is 1. The van der Waals surface area contributed by atoms with E-state index in [2.05, 4.69) is 30.9 Å². The van der Waals surface area contributed by atoms with Crippen LogP contribution in [0.3, 0.4) is 0 Å². The van der Waals surface area contributed by atoms with E-state index in [1.165, 1.54) is 0 Å². The molecule has 7 nitrogen and oxygen atoms in total. The number of carbonyl (C=O) groups excluding carboxylic acids is 1. The molecule has 1 N–H and O–H groups in total. The Balaban J connectivity index is 1.71. The SMILES string of the molecule is COc1ccc(CN2C(=O)c3[nH]c(Br)nc3N3CCCN=C23)cc1.